The van der Waals surface area contributed by atoms with Gasteiger partial charge in [0.1, 0.15) is 0 Å². The zero-order valence-corrected chi connectivity index (χ0v) is 9.90. The number of amides is 1. The highest BCUT2D eigenvalue weighted by molar-refractivity contribution is 5.90. The second kappa shape index (κ2) is 6.68. The third-order valence-electron chi connectivity index (χ3n) is 2.32. The van der Waals surface area contributed by atoms with Gasteiger partial charge < -0.3 is 10.4 Å². The van der Waals surface area contributed by atoms with Crippen molar-refractivity contribution < 1.29 is 14.7 Å². The number of nitrogens with one attached hydrogen (secondary N) is 1. The summed E-state index contributed by atoms with van der Waals surface area (Å²) in [6.07, 6.45) is 2.31. The van der Waals surface area contributed by atoms with E-state index in [0.29, 0.717) is 17.7 Å². The lowest BCUT2D eigenvalue weighted by atomic mass is 10.1. The van der Waals surface area contributed by atoms with E-state index in [1.165, 1.54) is 0 Å². The third-order valence-corrected chi connectivity index (χ3v) is 2.32. The molecule has 1 aromatic rings. The maximum absolute atomic E-state index is 11.5. The van der Waals surface area contributed by atoms with Crippen LogP contribution in [0.1, 0.15) is 31.7 Å². The van der Waals surface area contributed by atoms with E-state index < -0.39 is 5.97 Å². The molecule has 0 unspecified atom stereocenters. The first-order chi connectivity index (χ1) is 8.11. The first kappa shape index (κ1) is 13.2. The van der Waals surface area contributed by atoms with Crippen LogP contribution in [0.3, 0.4) is 0 Å². The lowest BCUT2D eigenvalue weighted by Gasteiger charge is -2.06. The molecule has 0 saturated carbocycles. The minimum Gasteiger partial charge on any atom is -0.481 e. The Bertz CT molecular complexity index is 401. The minimum absolute atomic E-state index is 0.0284. The van der Waals surface area contributed by atoms with Crippen LogP contribution in [0.5, 0.6) is 0 Å². The van der Waals surface area contributed by atoms with Crippen molar-refractivity contribution in [2.45, 2.75) is 32.6 Å². The molecule has 0 aliphatic rings. The van der Waals surface area contributed by atoms with Gasteiger partial charge in [0, 0.05) is 12.1 Å². The van der Waals surface area contributed by atoms with Crippen molar-refractivity contribution in [2.75, 3.05) is 5.32 Å². The topological polar surface area (TPSA) is 66.4 Å². The maximum Gasteiger partial charge on any atom is 0.307 e. The SMILES string of the molecule is CCCCC(=O)Nc1cccc(CC(=O)O)c1. The summed E-state index contributed by atoms with van der Waals surface area (Å²) in [4.78, 5) is 22.0. The summed E-state index contributed by atoms with van der Waals surface area (Å²) in [5, 5.41) is 11.4. The molecule has 1 rings (SSSR count). The van der Waals surface area contributed by atoms with Crippen LogP contribution in [0.4, 0.5) is 5.69 Å². The van der Waals surface area contributed by atoms with Gasteiger partial charge in [-0.05, 0) is 24.1 Å². The minimum atomic E-state index is -0.876. The smallest absolute Gasteiger partial charge is 0.307 e. The van der Waals surface area contributed by atoms with E-state index in [0.717, 1.165) is 12.8 Å². The highest BCUT2D eigenvalue weighted by atomic mass is 16.4. The molecule has 4 heteroatoms. The number of carboxylic acids is 1. The van der Waals surface area contributed by atoms with E-state index in [-0.39, 0.29) is 12.3 Å². The van der Waals surface area contributed by atoms with Crippen molar-refractivity contribution in [1.82, 2.24) is 0 Å². The van der Waals surface area contributed by atoms with Crippen LogP contribution in [-0.2, 0) is 16.0 Å². The van der Waals surface area contributed by atoms with E-state index in [4.69, 9.17) is 5.11 Å². The van der Waals surface area contributed by atoms with Crippen LogP contribution in [0.15, 0.2) is 24.3 Å². The zero-order valence-electron chi connectivity index (χ0n) is 9.90. The molecule has 0 atom stereocenters. The van der Waals surface area contributed by atoms with E-state index in [9.17, 15) is 9.59 Å². The fourth-order valence-corrected chi connectivity index (χ4v) is 1.49. The number of rotatable bonds is 6. The molecular weight excluding hydrogens is 218 g/mol. The molecule has 0 spiro atoms. The Hall–Kier alpha value is -1.84. The summed E-state index contributed by atoms with van der Waals surface area (Å²) in [5.74, 6) is -0.904. The quantitative estimate of drug-likeness (QED) is 0.795. The number of unbranched alkanes of at least 4 members (excludes halogenated alkanes) is 1. The molecule has 1 aromatic carbocycles. The average Bonchev–Trinajstić information content (AvgIpc) is 2.26. The Kier molecular flexibility index (Phi) is 5.20. The predicted octanol–water partition coefficient (Wildman–Crippen LogP) is 2.44. The Morgan fingerprint density at radius 1 is 1.35 bits per heavy atom. The van der Waals surface area contributed by atoms with Gasteiger partial charge >= 0.3 is 5.97 Å². The lowest BCUT2D eigenvalue weighted by molar-refractivity contribution is -0.136. The van der Waals surface area contributed by atoms with Crippen LogP contribution in [0, 0.1) is 0 Å². The van der Waals surface area contributed by atoms with Crippen LogP contribution in [-0.4, -0.2) is 17.0 Å². The molecule has 0 saturated heterocycles. The zero-order chi connectivity index (χ0) is 12.7. The van der Waals surface area contributed by atoms with Crippen LogP contribution < -0.4 is 5.32 Å². The fourth-order valence-electron chi connectivity index (χ4n) is 1.49. The van der Waals surface area contributed by atoms with Gasteiger partial charge in [-0.25, -0.2) is 0 Å². The standard InChI is InChI=1S/C13H17NO3/c1-2-3-7-12(15)14-11-6-4-5-10(8-11)9-13(16)17/h4-6,8H,2-3,7,9H2,1H3,(H,14,15)(H,16,17). The van der Waals surface area contributed by atoms with E-state index in [2.05, 4.69) is 5.32 Å². The van der Waals surface area contributed by atoms with Gasteiger partial charge in [0.2, 0.25) is 5.91 Å². The Morgan fingerprint density at radius 2 is 2.12 bits per heavy atom. The summed E-state index contributed by atoms with van der Waals surface area (Å²) in [6.45, 7) is 2.03. The van der Waals surface area contributed by atoms with Gasteiger partial charge in [0.05, 0.1) is 6.42 Å². The largest absolute Gasteiger partial charge is 0.481 e. The molecule has 1 amide bonds. The van der Waals surface area contributed by atoms with Crippen LogP contribution in [0.25, 0.3) is 0 Å². The molecule has 0 aliphatic heterocycles. The summed E-state index contributed by atoms with van der Waals surface area (Å²) >= 11 is 0. The molecule has 92 valence electrons. The number of carbonyl (C=O) groups is 2. The van der Waals surface area contributed by atoms with Crippen molar-refractivity contribution in [2.24, 2.45) is 0 Å². The number of hydrogen-bond acceptors (Lipinski definition) is 2. The summed E-state index contributed by atoms with van der Waals surface area (Å²) in [5.41, 5.74) is 1.34. The van der Waals surface area contributed by atoms with Crippen LogP contribution in [0.2, 0.25) is 0 Å². The molecule has 2 N–H and O–H groups in total. The molecule has 0 aliphatic carbocycles. The number of aliphatic carboxylic acids is 1. The van der Waals surface area contributed by atoms with Crippen molar-refractivity contribution >= 4 is 17.6 Å². The normalized spacial score (nSPS) is 9.94. The average molecular weight is 235 g/mol. The molecule has 0 heterocycles. The second-order valence-corrected chi connectivity index (χ2v) is 3.92. The number of carboxylic acid groups (broad SMARTS) is 1. The predicted molar refractivity (Wildman–Crippen MR) is 65.9 cm³/mol. The molecule has 4 nitrogen and oxygen atoms in total. The molecular formula is C13H17NO3. The van der Waals surface area contributed by atoms with Crippen molar-refractivity contribution in [1.29, 1.82) is 0 Å². The third kappa shape index (κ3) is 5.15. The Morgan fingerprint density at radius 3 is 2.76 bits per heavy atom. The van der Waals surface area contributed by atoms with Gasteiger partial charge in [-0.2, -0.15) is 0 Å². The molecule has 0 bridgehead atoms. The van der Waals surface area contributed by atoms with E-state index in [1.54, 1.807) is 24.3 Å². The summed E-state index contributed by atoms with van der Waals surface area (Å²) < 4.78 is 0. The first-order valence-electron chi connectivity index (χ1n) is 5.72. The lowest BCUT2D eigenvalue weighted by Crippen LogP contribution is -2.11. The van der Waals surface area contributed by atoms with Crippen LogP contribution >= 0.6 is 0 Å². The molecule has 17 heavy (non-hydrogen) atoms. The van der Waals surface area contributed by atoms with Gasteiger partial charge in [-0.3, -0.25) is 9.59 Å². The molecule has 0 aromatic heterocycles. The highest BCUT2D eigenvalue weighted by Gasteiger charge is 2.04. The van der Waals surface area contributed by atoms with Crippen molar-refractivity contribution in [3.8, 4) is 0 Å². The Labute approximate surface area is 101 Å². The molecule has 0 radical (unpaired) electrons. The monoisotopic (exact) mass is 235 g/mol. The Balaban J connectivity index is 2.59. The highest BCUT2D eigenvalue weighted by Crippen LogP contribution is 2.12. The van der Waals surface area contributed by atoms with Crippen molar-refractivity contribution in [3.63, 3.8) is 0 Å². The van der Waals surface area contributed by atoms with Gasteiger partial charge in [0.15, 0.2) is 0 Å². The second-order valence-electron chi connectivity index (χ2n) is 3.92. The summed E-state index contributed by atoms with van der Waals surface area (Å²) in [6, 6.07) is 6.93. The van der Waals surface area contributed by atoms with E-state index in [1.807, 2.05) is 6.92 Å². The summed E-state index contributed by atoms with van der Waals surface area (Å²) in [7, 11) is 0. The van der Waals surface area contributed by atoms with Gasteiger partial charge in [-0.1, -0.05) is 25.5 Å². The number of anilines is 1. The van der Waals surface area contributed by atoms with Crippen molar-refractivity contribution in [3.05, 3.63) is 29.8 Å². The van der Waals surface area contributed by atoms with Gasteiger partial charge in [-0.15, -0.1) is 0 Å². The molecule has 0 fully saturated rings. The fraction of sp³-hybridized carbons (Fsp3) is 0.385. The van der Waals surface area contributed by atoms with Gasteiger partial charge in [0.25, 0.3) is 0 Å². The first-order valence-corrected chi connectivity index (χ1v) is 5.72. The maximum atomic E-state index is 11.5. The number of benzene rings is 1. The number of carbonyl (C=O) groups excluding carboxylic acids is 1. The number of hydrogen-bond donors (Lipinski definition) is 2. The van der Waals surface area contributed by atoms with E-state index >= 15 is 0 Å².